The van der Waals surface area contributed by atoms with Gasteiger partial charge in [-0.25, -0.2) is 4.58 Å². The molecule has 5 rings (SSSR count). The van der Waals surface area contributed by atoms with Crippen molar-refractivity contribution < 1.29 is 19.6 Å². The Labute approximate surface area is 287 Å². The maximum absolute atomic E-state index is 14.0. The van der Waals surface area contributed by atoms with E-state index in [2.05, 4.69) is 73.6 Å². The van der Waals surface area contributed by atoms with Gasteiger partial charge in [-0.2, -0.15) is 0 Å². The highest BCUT2D eigenvalue weighted by Crippen LogP contribution is 2.68. The lowest BCUT2D eigenvalue weighted by Crippen LogP contribution is -2.61. The lowest BCUT2D eigenvalue weighted by molar-refractivity contribution is -0.519. The molecule has 47 heavy (non-hydrogen) atoms. The van der Waals surface area contributed by atoms with E-state index < -0.39 is 17.1 Å². The van der Waals surface area contributed by atoms with E-state index in [4.69, 9.17) is 0 Å². The number of aliphatic hydroxyl groups excluding tert-OH is 1. The Hall–Kier alpha value is -2.55. The zero-order valence-corrected chi connectivity index (χ0v) is 30.5. The van der Waals surface area contributed by atoms with Crippen LogP contribution in [0.1, 0.15) is 85.3 Å². The zero-order valence-electron chi connectivity index (χ0n) is 29.7. The highest BCUT2D eigenvalue weighted by Gasteiger charge is 2.68. The molecule has 1 aromatic heterocycles. The molecule has 0 saturated heterocycles. The number of fused-ring (bicyclic) bond motifs is 5. The van der Waals surface area contributed by atoms with E-state index in [1.807, 2.05) is 30.3 Å². The summed E-state index contributed by atoms with van der Waals surface area (Å²) in [4.78, 5) is 24.5. The highest BCUT2D eigenvalue weighted by molar-refractivity contribution is 8.03. The lowest BCUT2D eigenvalue weighted by atomic mass is 9.45. The van der Waals surface area contributed by atoms with Gasteiger partial charge in [0.25, 0.3) is 0 Å². The minimum Gasteiger partial charge on any atom is -0.393 e. The summed E-state index contributed by atoms with van der Waals surface area (Å²) in [6.07, 6.45) is 16.3. The van der Waals surface area contributed by atoms with Crippen LogP contribution in [0.15, 0.2) is 63.3 Å². The van der Waals surface area contributed by atoms with Gasteiger partial charge in [0.05, 0.1) is 23.2 Å². The molecule has 0 aliphatic heterocycles. The topological polar surface area (TPSA) is 89.0 Å². The Morgan fingerprint density at radius 1 is 1.26 bits per heavy atom. The van der Waals surface area contributed by atoms with Crippen LogP contribution in [0.4, 0.5) is 0 Å². The van der Waals surface area contributed by atoms with Gasteiger partial charge in [-0.15, -0.1) is 11.8 Å². The first-order valence-electron chi connectivity index (χ1n) is 17.7. The lowest BCUT2D eigenvalue weighted by Gasteiger charge is -2.60. The van der Waals surface area contributed by atoms with Crippen molar-refractivity contribution >= 4 is 30.1 Å². The van der Waals surface area contributed by atoms with E-state index in [1.165, 1.54) is 28.5 Å². The Kier molecular flexibility index (Phi) is 11.0. The molecular weight excluding hydrogens is 605 g/mol. The van der Waals surface area contributed by atoms with Gasteiger partial charge < -0.3 is 15.1 Å². The van der Waals surface area contributed by atoms with Gasteiger partial charge in [-0.1, -0.05) is 44.6 Å². The average Bonchev–Trinajstić information content (AvgIpc) is 3.32. The van der Waals surface area contributed by atoms with Crippen LogP contribution in [-0.2, 0) is 11.2 Å². The van der Waals surface area contributed by atoms with E-state index in [0.717, 1.165) is 62.3 Å². The monoisotopic (exact) mass is 661 g/mol. The summed E-state index contributed by atoms with van der Waals surface area (Å²) >= 11 is 1.47. The summed E-state index contributed by atoms with van der Waals surface area (Å²) in [6.45, 7) is 12.8. The maximum atomic E-state index is 14.0. The summed E-state index contributed by atoms with van der Waals surface area (Å²) in [7, 11) is 3.67. The summed E-state index contributed by atoms with van der Waals surface area (Å²) in [5.74, 6) is 0.683. The Morgan fingerprint density at radius 2 is 2.04 bits per heavy atom. The molecule has 256 valence electrons. The minimum atomic E-state index is -1.43. The second-order valence-electron chi connectivity index (χ2n) is 14.9. The molecule has 0 aromatic carbocycles. The number of likely N-dealkylation sites (N-methyl/N-ethyl adjacent to an activating group) is 1. The predicted molar refractivity (Wildman–Crippen MR) is 194 cm³/mol. The zero-order chi connectivity index (χ0) is 34.0. The van der Waals surface area contributed by atoms with Crippen LogP contribution in [0.3, 0.4) is 0 Å². The van der Waals surface area contributed by atoms with Gasteiger partial charge in [-0.3, -0.25) is 14.8 Å². The highest BCUT2D eigenvalue weighted by atomic mass is 32.2. The first-order chi connectivity index (χ1) is 22.4. The van der Waals surface area contributed by atoms with E-state index in [-0.39, 0.29) is 34.7 Å². The van der Waals surface area contributed by atoms with Crippen LogP contribution in [0.5, 0.6) is 0 Å². The van der Waals surface area contributed by atoms with Crippen LogP contribution in [-0.4, -0.2) is 87.7 Å². The van der Waals surface area contributed by atoms with Gasteiger partial charge in [0.15, 0.2) is 12.0 Å². The SMILES string of the molecule is CCC=C(SCC(=O)C1(O)CCC2C3CCC4=CC(C)=C(C=[N+](CC)CCc5ccccn5)CC4(C)C3C(O)CC21C)N(C)C=NC. The van der Waals surface area contributed by atoms with Gasteiger partial charge in [0, 0.05) is 43.4 Å². The molecule has 8 heteroatoms. The molecule has 3 fully saturated rings. The van der Waals surface area contributed by atoms with E-state index >= 15 is 0 Å². The number of aliphatic imine (C=N–C) groups is 1. The van der Waals surface area contributed by atoms with E-state index in [9.17, 15) is 15.0 Å². The smallest absolute Gasteiger partial charge is 0.175 e. The fourth-order valence-corrected chi connectivity index (χ4v) is 10.8. The summed E-state index contributed by atoms with van der Waals surface area (Å²) in [6, 6.07) is 6.10. The van der Waals surface area contributed by atoms with Gasteiger partial charge in [-0.05, 0) is 99.7 Å². The van der Waals surface area contributed by atoms with E-state index in [1.54, 1.807) is 13.4 Å². The number of Topliss-reactive ketones (excluding diaryl/α,β-unsaturated/α-hetero) is 1. The molecule has 1 aromatic rings. The molecule has 7 nitrogen and oxygen atoms in total. The second kappa shape index (κ2) is 14.5. The van der Waals surface area contributed by atoms with Crippen molar-refractivity contribution in [1.29, 1.82) is 0 Å². The number of ketones is 1. The van der Waals surface area contributed by atoms with Gasteiger partial charge in [0.2, 0.25) is 0 Å². The number of nitrogens with zero attached hydrogens (tertiary/aromatic N) is 4. The largest absolute Gasteiger partial charge is 0.393 e. The summed E-state index contributed by atoms with van der Waals surface area (Å²) in [5.41, 5.74) is 3.02. The van der Waals surface area contributed by atoms with Crippen LogP contribution in [0, 0.1) is 28.6 Å². The second-order valence-corrected chi connectivity index (χ2v) is 15.9. The number of carbonyl (C=O) groups excluding carboxylic acids is 1. The Balaban J connectivity index is 1.35. The summed E-state index contributed by atoms with van der Waals surface area (Å²) < 4.78 is 2.40. The standard InChI is InChI=1S/C39H57N4O3S/c1-8-12-35(42(7)26-40-6)47-25-34(45)39(46)18-16-32-31-15-14-29-21-27(3)28(22-37(29,4)36(31)33(44)23-38(32,39)5)24-43(9-2)20-17-30-13-10-11-19-41-30/h10-13,19,21,24,26,31-33,36,44,46H,8-9,14-18,20,22-23,25H2,1-7H3/q+1. The number of thioether (sulfide) groups is 1. The van der Waals surface area contributed by atoms with Crippen molar-refractivity contribution in [3.8, 4) is 0 Å². The molecule has 4 aliphatic rings. The van der Waals surface area contributed by atoms with E-state index in [0.29, 0.717) is 12.8 Å². The molecule has 0 amide bonds. The molecule has 1 heterocycles. The van der Waals surface area contributed by atoms with Crippen molar-refractivity contribution in [1.82, 2.24) is 9.88 Å². The van der Waals surface area contributed by atoms with Crippen LogP contribution in [0.2, 0.25) is 0 Å². The maximum Gasteiger partial charge on any atom is 0.175 e. The third-order valence-electron chi connectivity index (χ3n) is 12.2. The predicted octanol–water partition coefficient (Wildman–Crippen LogP) is 6.46. The molecule has 0 spiro atoms. The Bertz CT molecular complexity index is 1470. The summed E-state index contributed by atoms with van der Waals surface area (Å²) in [5, 5.41) is 25.4. The first kappa shape index (κ1) is 35.7. The van der Waals surface area contributed by atoms with Crippen LogP contribution >= 0.6 is 11.8 Å². The molecule has 7 unspecified atom stereocenters. The molecule has 7 atom stereocenters. The number of allylic oxidation sites excluding steroid dienone is 5. The molecule has 2 N–H and O–H groups in total. The molecular formula is C39H57N4O3S+. The van der Waals surface area contributed by atoms with Crippen molar-refractivity contribution in [3.05, 3.63) is 64.0 Å². The van der Waals surface area contributed by atoms with Crippen molar-refractivity contribution in [2.24, 2.45) is 33.6 Å². The first-order valence-corrected chi connectivity index (χ1v) is 18.7. The number of pyridine rings is 1. The molecule has 0 radical (unpaired) electrons. The fraction of sp³-hybridized carbons (Fsp3) is 0.641. The Morgan fingerprint density at radius 3 is 2.72 bits per heavy atom. The number of hydrogen-bond acceptors (Lipinski definition) is 6. The van der Waals surface area contributed by atoms with Crippen LogP contribution < -0.4 is 0 Å². The normalized spacial score (nSPS) is 34.2. The number of aliphatic hydroxyl groups is 2. The number of carbonyl (C=O) groups is 1. The van der Waals surface area contributed by atoms with Gasteiger partial charge >= 0.3 is 0 Å². The number of aromatic nitrogens is 1. The fourth-order valence-electron chi connectivity index (χ4n) is 9.75. The minimum absolute atomic E-state index is 0.105. The molecule has 3 saturated carbocycles. The van der Waals surface area contributed by atoms with Crippen molar-refractivity contribution in [3.63, 3.8) is 0 Å². The molecule has 0 bridgehead atoms. The third kappa shape index (κ3) is 6.71. The van der Waals surface area contributed by atoms with Crippen molar-refractivity contribution in [2.75, 3.05) is 32.9 Å². The van der Waals surface area contributed by atoms with Gasteiger partial charge in [0.1, 0.15) is 18.7 Å². The number of hydrogen-bond donors (Lipinski definition) is 2. The van der Waals surface area contributed by atoms with Crippen molar-refractivity contribution in [2.45, 2.75) is 97.7 Å². The number of rotatable bonds is 12. The third-order valence-corrected chi connectivity index (χ3v) is 13.4. The van der Waals surface area contributed by atoms with Crippen LogP contribution in [0.25, 0.3) is 0 Å². The molecule has 4 aliphatic carbocycles. The quantitative estimate of drug-likeness (QED) is 0.152. The average molecular weight is 662 g/mol.